The van der Waals surface area contributed by atoms with Gasteiger partial charge in [0.1, 0.15) is 0 Å². The van der Waals surface area contributed by atoms with Crippen molar-refractivity contribution in [3.63, 3.8) is 0 Å². The third-order valence-corrected chi connectivity index (χ3v) is 5.92. The van der Waals surface area contributed by atoms with Gasteiger partial charge in [0.25, 0.3) is 0 Å². The smallest absolute Gasteiger partial charge is 0.0924 e. The number of fused-ring (bicyclic) bond motifs is 1. The van der Waals surface area contributed by atoms with Crippen molar-refractivity contribution in [3.05, 3.63) is 30.0 Å². The standard InChI is InChI=1S/C20H31N3O/c1-14(2)15-8-10-16(11-9-15)20(3,24)13-21-12-19-17-6-4-5-7-18(17)22-23-19/h4-7,14-16,21,24H,8-13H2,1-3H3,(H,22,23). The number of hydrogen-bond acceptors (Lipinski definition) is 3. The Morgan fingerprint density at radius 1 is 1.25 bits per heavy atom. The molecule has 0 saturated heterocycles. The molecule has 1 heterocycles. The normalized spacial score (nSPS) is 24.4. The maximum atomic E-state index is 10.9. The van der Waals surface area contributed by atoms with E-state index >= 15 is 0 Å². The lowest BCUT2D eigenvalue weighted by Crippen LogP contribution is -2.45. The van der Waals surface area contributed by atoms with E-state index in [1.165, 1.54) is 12.8 Å². The number of aromatic amines is 1. The van der Waals surface area contributed by atoms with Crippen LogP contribution in [-0.4, -0.2) is 27.4 Å². The molecule has 4 heteroatoms. The third kappa shape index (κ3) is 3.81. The van der Waals surface area contributed by atoms with Crippen molar-refractivity contribution in [3.8, 4) is 0 Å². The number of nitrogens with one attached hydrogen (secondary N) is 2. The highest BCUT2D eigenvalue weighted by Gasteiger charge is 2.35. The maximum absolute atomic E-state index is 10.9. The number of para-hydroxylation sites is 1. The van der Waals surface area contributed by atoms with E-state index in [4.69, 9.17) is 0 Å². The zero-order chi connectivity index (χ0) is 17.2. The predicted octanol–water partition coefficient (Wildman–Crippen LogP) is 3.87. The number of benzene rings is 1. The second-order valence-corrected chi connectivity index (χ2v) is 8.04. The molecule has 0 amide bonds. The van der Waals surface area contributed by atoms with Gasteiger partial charge < -0.3 is 10.4 Å². The van der Waals surface area contributed by atoms with Gasteiger partial charge in [-0.1, -0.05) is 32.0 Å². The second kappa shape index (κ2) is 7.24. The van der Waals surface area contributed by atoms with Crippen molar-refractivity contribution >= 4 is 10.9 Å². The van der Waals surface area contributed by atoms with Crippen LogP contribution < -0.4 is 5.32 Å². The summed E-state index contributed by atoms with van der Waals surface area (Å²) >= 11 is 0. The summed E-state index contributed by atoms with van der Waals surface area (Å²) in [5, 5.41) is 22.9. The Balaban J connectivity index is 1.52. The van der Waals surface area contributed by atoms with Crippen LogP contribution >= 0.6 is 0 Å². The van der Waals surface area contributed by atoms with Crippen LogP contribution in [0.4, 0.5) is 0 Å². The van der Waals surface area contributed by atoms with E-state index in [1.54, 1.807) is 0 Å². The monoisotopic (exact) mass is 329 g/mol. The van der Waals surface area contributed by atoms with Crippen LogP contribution in [0.1, 0.15) is 52.1 Å². The highest BCUT2D eigenvalue weighted by atomic mass is 16.3. The van der Waals surface area contributed by atoms with E-state index in [-0.39, 0.29) is 0 Å². The Morgan fingerprint density at radius 3 is 2.67 bits per heavy atom. The largest absolute Gasteiger partial charge is 0.389 e. The van der Waals surface area contributed by atoms with Crippen molar-refractivity contribution in [1.29, 1.82) is 0 Å². The van der Waals surface area contributed by atoms with Gasteiger partial charge in [-0.25, -0.2) is 0 Å². The molecule has 3 rings (SSSR count). The molecule has 0 aliphatic heterocycles. The molecule has 132 valence electrons. The summed E-state index contributed by atoms with van der Waals surface area (Å²) in [4.78, 5) is 0. The molecule has 0 bridgehead atoms. The van der Waals surface area contributed by atoms with Crippen molar-refractivity contribution in [1.82, 2.24) is 15.5 Å². The Kier molecular flexibility index (Phi) is 5.26. The summed E-state index contributed by atoms with van der Waals surface area (Å²) < 4.78 is 0. The van der Waals surface area contributed by atoms with Gasteiger partial charge in [-0.15, -0.1) is 0 Å². The Bertz CT molecular complexity index is 654. The minimum Gasteiger partial charge on any atom is -0.389 e. The van der Waals surface area contributed by atoms with E-state index in [9.17, 15) is 5.11 Å². The summed E-state index contributed by atoms with van der Waals surface area (Å²) in [5.41, 5.74) is 1.44. The lowest BCUT2D eigenvalue weighted by Gasteiger charge is -2.39. The summed E-state index contributed by atoms with van der Waals surface area (Å²) in [7, 11) is 0. The lowest BCUT2D eigenvalue weighted by molar-refractivity contribution is -0.0240. The van der Waals surface area contributed by atoms with Gasteiger partial charge in [0.05, 0.1) is 16.8 Å². The Hall–Kier alpha value is -1.39. The van der Waals surface area contributed by atoms with Crippen LogP contribution in [0.15, 0.2) is 24.3 Å². The molecule has 1 saturated carbocycles. The molecule has 1 atom stereocenters. The van der Waals surface area contributed by atoms with Crippen LogP contribution in [0.25, 0.3) is 10.9 Å². The fourth-order valence-electron chi connectivity index (χ4n) is 4.14. The van der Waals surface area contributed by atoms with Crippen molar-refractivity contribution < 1.29 is 5.11 Å². The average Bonchev–Trinajstić information content (AvgIpc) is 2.98. The summed E-state index contributed by atoms with van der Waals surface area (Å²) in [6.07, 6.45) is 4.79. The van der Waals surface area contributed by atoms with Gasteiger partial charge in [-0.05, 0) is 56.4 Å². The first-order valence-corrected chi connectivity index (χ1v) is 9.32. The molecule has 0 spiro atoms. The number of aromatic nitrogens is 2. The molecule has 24 heavy (non-hydrogen) atoms. The van der Waals surface area contributed by atoms with Gasteiger partial charge >= 0.3 is 0 Å². The molecule has 1 fully saturated rings. The molecule has 1 unspecified atom stereocenters. The molecule has 4 nitrogen and oxygen atoms in total. The zero-order valence-corrected chi connectivity index (χ0v) is 15.2. The van der Waals surface area contributed by atoms with Crippen LogP contribution in [0.5, 0.6) is 0 Å². The van der Waals surface area contributed by atoms with E-state index in [0.29, 0.717) is 19.0 Å². The van der Waals surface area contributed by atoms with E-state index in [2.05, 4.69) is 35.4 Å². The zero-order valence-electron chi connectivity index (χ0n) is 15.2. The highest BCUT2D eigenvalue weighted by Crippen LogP contribution is 2.38. The third-order valence-electron chi connectivity index (χ3n) is 5.92. The summed E-state index contributed by atoms with van der Waals surface area (Å²) in [6, 6.07) is 8.13. The Morgan fingerprint density at radius 2 is 1.96 bits per heavy atom. The number of aliphatic hydroxyl groups is 1. The van der Waals surface area contributed by atoms with Gasteiger partial charge in [0, 0.05) is 18.5 Å². The maximum Gasteiger partial charge on any atom is 0.0924 e. The van der Waals surface area contributed by atoms with E-state index in [0.717, 1.165) is 41.3 Å². The quantitative estimate of drug-likeness (QED) is 0.754. The first-order valence-electron chi connectivity index (χ1n) is 9.32. The molecular formula is C20H31N3O. The molecular weight excluding hydrogens is 298 g/mol. The summed E-state index contributed by atoms with van der Waals surface area (Å²) in [6.45, 7) is 7.96. The van der Waals surface area contributed by atoms with Crippen LogP contribution in [0, 0.1) is 17.8 Å². The topological polar surface area (TPSA) is 60.9 Å². The van der Waals surface area contributed by atoms with Crippen molar-refractivity contribution in [2.75, 3.05) is 6.54 Å². The minimum absolute atomic E-state index is 0.401. The molecule has 3 N–H and O–H groups in total. The van der Waals surface area contributed by atoms with Crippen LogP contribution in [-0.2, 0) is 6.54 Å². The van der Waals surface area contributed by atoms with Crippen molar-refractivity contribution in [2.24, 2.45) is 17.8 Å². The van der Waals surface area contributed by atoms with Gasteiger partial charge in [-0.3, -0.25) is 5.10 Å². The van der Waals surface area contributed by atoms with Crippen LogP contribution in [0.3, 0.4) is 0 Å². The van der Waals surface area contributed by atoms with Crippen molar-refractivity contribution in [2.45, 2.75) is 58.6 Å². The first kappa shape index (κ1) is 17.4. The van der Waals surface area contributed by atoms with Gasteiger partial charge in [0.15, 0.2) is 0 Å². The minimum atomic E-state index is -0.641. The molecule has 1 aliphatic rings. The summed E-state index contributed by atoms with van der Waals surface area (Å²) in [5.74, 6) is 2.00. The average molecular weight is 329 g/mol. The molecule has 0 radical (unpaired) electrons. The lowest BCUT2D eigenvalue weighted by atomic mass is 9.71. The molecule has 1 aromatic heterocycles. The predicted molar refractivity (Wildman–Crippen MR) is 98.7 cm³/mol. The fourth-order valence-corrected chi connectivity index (χ4v) is 4.14. The molecule has 1 aliphatic carbocycles. The molecule has 1 aromatic carbocycles. The highest BCUT2D eigenvalue weighted by molar-refractivity contribution is 5.81. The SMILES string of the molecule is CC(C)C1CCC(C(C)(O)CNCc2[nH]nc3ccccc23)CC1. The second-order valence-electron chi connectivity index (χ2n) is 8.04. The van der Waals surface area contributed by atoms with E-state index in [1.807, 2.05) is 25.1 Å². The number of H-pyrrole nitrogens is 1. The fraction of sp³-hybridized carbons (Fsp3) is 0.650. The van der Waals surface area contributed by atoms with Crippen LogP contribution in [0.2, 0.25) is 0 Å². The number of rotatable bonds is 6. The first-order chi connectivity index (χ1) is 11.5. The van der Waals surface area contributed by atoms with Gasteiger partial charge in [0.2, 0.25) is 0 Å². The van der Waals surface area contributed by atoms with E-state index < -0.39 is 5.60 Å². The Labute approximate surface area is 145 Å². The molecule has 2 aromatic rings. The number of nitrogens with zero attached hydrogens (tertiary/aromatic N) is 1. The van der Waals surface area contributed by atoms with Gasteiger partial charge in [-0.2, -0.15) is 5.10 Å². The number of hydrogen-bond donors (Lipinski definition) is 3.